The third-order valence-corrected chi connectivity index (χ3v) is 5.64. The van der Waals surface area contributed by atoms with Gasteiger partial charge in [0.05, 0.1) is 23.6 Å². The van der Waals surface area contributed by atoms with Gasteiger partial charge in [0.1, 0.15) is 11.3 Å². The molecular weight excluding hydrogens is 394 g/mol. The summed E-state index contributed by atoms with van der Waals surface area (Å²) in [4.78, 5) is 28.1. The molecule has 1 amide bonds. The largest absolute Gasteiger partial charge is 0.494 e. The predicted octanol–water partition coefficient (Wildman–Crippen LogP) is 4.29. The Labute approximate surface area is 181 Å². The smallest absolute Gasteiger partial charge is 0.290 e. The van der Waals surface area contributed by atoms with E-state index in [0.717, 1.165) is 30.6 Å². The van der Waals surface area contributed by atoms with Crippen LogP contribution in [0.5, 0.6) is 5.75 Å². The molecule has 0 aliphatic carbocycles. The lowest BCUT2D eigenvalue weighted by molar-refractivity contribution is 0.0716. The van der Waals surface area contributed by atoms with Gasteiger partial charge in [0.25, 0.3) is 5.91 Å². The van der Waals surface area contributed by atoms with Crippen molar-refractivity contribution < 1.29 is 19.1 Å². The number of aliphatic hydroxyl groups excluding tert-OH is 1. The van der Waals surface area contributed by atoms with Crippen molar-refractivity contribution in [1.29, 1.82) is 0 Å². The maximum Gasteiger partial charge on any atom is 0.290 e. The van der Waals surface area contributed by atoms with Gasteiger partial charge in [-0.25, -0.2) is 0 Å². The third kappa shape index (κ3) is 4.08. The summed E-state index contributed by atoms with van der Waals surface area (Å²) >= 11 is 0. The molecular formula is C25H27NO5. The number of rotatable bonds is 9. The topological polar surface area (TPSA) is 80.0 Å². The lowest BCUT2D eigenvalue weighted by Gasteiger charge is -2.25. The van der Waals surface area contributed by atoms with Crippen LogP contribution in [-0.2, 0) is 0 Å². The third-order valence-electron chi connectivity index (χ3n) is 5.64. The molecule has 0 saturated carbocycles. The van der Waals surface area contributed by atoms with E-state index < -0.39 is 6.04 Å². The molecule has 1 N–H and O–H groups in total. The van der Waals surface area contributed by atoms with Crippen LogP contribution in [0.25, 0.3) is 11.0 Å². The van der Waals surface area contributed by atoms with E-state index in [4.69, 9.17) is 9.15 Å². The number of ether oxygens (including phenoxy) is 1. The first-order chi connectivity index (χ1) is 15.2. The fourth-order valence-electron chi connectivity index (χ4n) is 4.07. The Bertz CT molecular complexity index is 1120. The van der Waals surface area contributed by atoms with E-state index in [1.807, 2.05) is 24.3 Å². The Morgan fingerprint density at radius 2 is 1.81 bits per heavy atom. The van der Waals surface area contributed by atoms with Crippen LogP contribution in [0.15, 0.2) is 57.7 Å². The van der Waals surface area contributed by atoms with Gasteiger partial charge < -0.3 is 19.2 Å². The summed E-state index contributed by atoms with van der Waals surface area (Å²) in [6.45, 7) is 3.10. The highest BCUT2D eigenvalue weighted by atomic mass is 16.5. The zero-order valence-corrected chi connectivity index (χ0v) is 17.7. The molecule has 4 rings (SSSR count). The molecule has 1 aliphatic rings. The number of nitrogens with zero attached hydrogens (tertiary/aromatic N) is 1. The fraction of sp³-hybridized carbons (Fsp3) is 0.360. The standard InChI is InChI=1S/C25H27NO5/c1-2-3-6-16-30-18-12-10-17(11-13-18)22-21-23(28)19-8-4-5-9-20(19)31-24(21)25(29)26(22)14-7-15-27/h4-5,8-13,22,27H,2-3,6-7,14-16H2,1H3/t22-/m0/s1. The van der Waals surface area contributed by atoms with Crippen LogP contribution >= 0.6 is 0 Å². The highest BCUT2D eigenvalue weighted by molar-refractivity contribution is 5.99. The van der Waals surface area contributed by atoms with Crippen LogP contribution in [0, 0.1) is 0 Å². The Hall–Kier alpha value is -3.12. The van der Waals surface area contributed by atoms with Crippen LogP contribution < -0.4 is 10.2 Å². The summed E-state index contributed by atoms with van der Waals surface area (Å²) in [6.07, 6.45) is 3.69. The van der Waals surface area contributed by atoms with Gasteiger partial charge in [0, 0.05) is 13.2 Å². The molecule has 6 heteroatoms. The summed E-state index contributed by atoms with van der Waals surface area (Å²) in [5.74, 6) is 0.527. The quantitative estimate of drug-likeness (QED) is 0.522. The summed E-state index contributed by atoms with van der Waals surface area (Å²) < 4.78 is 11.7. The van der Waals surface area contributed by atoms with Gasteiger partial charge in [-0.15, -0.1) is 0 Å². The molecule has 1 atom stereocenters. The second-order valence-electron chi connectivity index (χ2n) is 7.77. The Balaban J connectivity index is 1.72. The number of carbonyl (C=O) groups is 1. The molecule has 1 aromatic heterocycles. The van der Waals surface area contributed by atoms with Crippen LogP contribution in [0.3, 0.4) is 0 Å². The number of amides is 1. The van der Waals surface area contributed by atoms with Crippen molar-refractivity contribution in [1.82, 2.24) is 4.90 Å². The Morgan fingerprint density at radius 3 is 2.55 bits per heavy atom. The van der Waals surface area contributed by atoms with Gasteiger partial charge in [-0.2, -0.15) is 0 Å². The van der Waals surface area contributed by atoms with E-state index in [9.17, 15) is 14.7 Å². The molecule has 31 heavy (non-hydrogen) atoms. The number of carbonyl (C=O) groups excluding carboxylic acids is 1. The van der Waals surface area contributed by atoms with Gasteiger partial charge in [-0.1, -0.05) is 44.0 Å². The zero-order valence-electron chi connectivity index (χ0n) is 17.7. The van der Waals surface area contributed by atoms with E-state index in [1.54, 1.807) is 29.2 Å². The van der Waals surface area contributed by atoms with E-state index in [-0.39, 0.29) is 23.7 Å². The highest BCUT2D eigenvalue weighted by Crippen LogP contribution is 2.38. The monoisotopic (exact) mass is 421 g/mol. The molecule has 0 fully saturated rings. The summed E-state index contributed by atoms with van der Waals surface area (Å²) in [6, 6.07) is 13.9. The van der Waals surface area contributed by atoms with Crippen molar-refractivity contribution in [3.05, 3.63) is 75.6 Å². The molecule has 0 saturated heterocycles. The number of hydrogen-bond donors (Lipinski definition) is 1. The van der Waals surface area contributed by atoms with Crippen molar-refractivity contribution in [2.24, 2.45) is 0 Å². The molecule has 0 bridgehead atoms. The minimum Gasteiger partial charge on any atom is -0.494 e. The Kier molecular flexibility index (Phi) is 6.37. The normalized spacial score (nSPS) is 15.5. The van der Waals surface area contributed by atoms with Gasteiger partial charge >= 0.3 is 0 Å². The SMILES string of the molecule is CCCCCOc1ccc([C@H]2c3c(oc4ccccc4c3=O)C(=O)N2CCCO)cc1. The van der Waals surface area contributed by atoms with E-state index in [0.29, 0.717) is 36.1 Å². The molecule has 0 unspecified atom stereocenters. The molecule has 1 aliphatic heterocycles. The lowest BCUT2D eigenvalue weighted by atomic mass is 9.98. The predicted molar refractivity (Wildman–Crippen MR) is 119 cm³/mol. The molecule has 0 radical (unpaired) electrons. The molecule has 6 nitrogen and oxygen atoms in total. The number of unbranched alkanes of at least 4 members (excludes halogenated alkanes) is 2. The van der Waals surface area contributed by atoms with Gasteiger partial charge in [0.15, 0.2) is 5.43 Å². The van der Waals surface area contributed by atoms with Gasteiger partial charge in [-0.05, 0) is 42.7 Å². The molecule has 0 spiro atoms. The van der Waals surface area contributed by atoms with Crippen molar-refractivity contribution in [3.63, 3.8) is 0 Å². The van der Waals surface area contributed by atoms with Crippen LogP contribution in [0.4, 0.5) is 0 Å². The van der Waals surface area contributed by atoms with E-state index in [2.05, 4.69) is 6.92 Å². The van der Waals surface area contributed by atoms with E-state index >= 15 is 0 Å². The van der Waals surface area contributed by atoms with Crippen LogP contribution in [0.1, 0.15) is 60.3 Å². The first-order valence-corrected chi connectivity index (χ1v) is 10.9. The average molecular weight is 421 g/mol. The van der Waals surface area contributed by atoms with Crippen LogP contribution in [0.2, 0.25) is 0 Å². The zero-order chi connectivity index (χ0) is 21.8. The molecule has 2 aromatic carbocycles. The maximum atomic E-state index is 13.3. The van der Waals surface area contributed by atoms with Gasteiger partial charge in [-0.3, -0.25) is 9.59 Å². The molecule has 3 aromatic rings. The van der Waals surface area contributed by atoms with Crippen molar-refractivity contribution in [2.45, 2.75) is 38.6 Å². The fourth-order valence-corrected chi connectivity index (χ4v) is 4.07. The summed E-state index contributed by atoms with van der Waals surface area (Å²) in [5.41, 5.74) is 1.38. The number of para-hydroxylation sites is 1. The minimum atomic E-state index is -0.552. The van der Waals surface area contributed by atoms with Crippen molar-refractivity contribution >= 4 is 16.9 Å². The summed E-state index contributed by atoms with van der Waals surface area (Å²) in [5, 5.41) is 9.77. The van der Waals surface area contributed by atoms with E-state index in [1.165, 1.54) is 0 Å². The van der Waals surface area contributed by atoms with Gasteiger partial charge in [0.2, 0.25) is 5.76 Å². The number of aliphatic hydroxyl groups is 1. The minimum absolute atomic E-state index is 0.0409. The average Bonchev–Trinajstić information content (AvgIpc) is 3.08. The van der Waals surface area contributed by atoms with Crippen molar-refractivity contribution in [3.8, 4) is 5.75 Å². The number of hydrogen-bond acceptors (Lipinski definition) is 5. The number of fused-ring (bicyclic) bond motifs is 2. The first kappa shape index (κ1) is 21.1. The maximum absolute atomic E-state index is 13.3. The highest BCUT2D eigenvalue weighted by Gasteiger charge is 2.42. The van der Waals surface area contributed by atoms with Crippen LogP contribution in [-0.4, -0.2) is 35.7 Å². The molecule has 2 heterocycles. The Morgan fingerprint density at radius 1 is 1.03 bits per heavy atom. The number of benzene rings is 2. The lowest BCUT2D eigenvalue weighted by Crippen LogP contribution is -2.31. The molecule has 162 valence electrons. The second-order valence-corrected chi connectivity index (χ2v) is 7.77. The first-order valence-electron chi connectivity index (χ1n) is 10.9. The summed E-state index contributed by atoms with van der Waals surface area (Å²) in [7, 11) is 0. The van der Waals surface area contributed by atoms with Crippen molar-refractivity contribution in [2.75, 3.05) is 19.8 Å². The second kappa shape index (κ2) is 9.35.